The second-order valence-electron chi connectivity index (χ2n) is 5.96. The van der Waals surface area contributed by atoms with Gasteiger partial charge in [0.1, 0.15) is 5.75 Å². The molecule has 1 aromatic carbocycles. The third-order valence-electron chi connectivity index (χ3n) is 4.35. The quantitative estimate of drug-likeness (QED) is 0.926. The van der Waals surface area contributed by atoms with Crippen molar-refractivity contribution in [3.63, 3.8) is 0 Å². The number of piperidine rings is 1. The van der Waals surface area contributed by atoms with Crippen LogP contribution in [0.25, 0.3) is 0 Å². The van der Waals surface area contributed by atoms with E-state index in [1.54, 1.807) is 7.11 Å². The van der Waals surface area contributed by atoms with Gasteiger partial charge in [-0.25, -0.2) is 0 Å². The van der Waals surface area contributed by atoms with Gasteiger partial charge >= 0.3 is 0 Å². The number of carbonyl (C=O) groups excluding carboxylic acids is 1. The number of nitrogens with zero attached hydrogens (tertiary/aromatic N) is 1. The van der Waals surface area contributed by atoms with E-state index in [0.717, 1.165) is 29.8 Å². The standard InChI is InChI=1S/C17H26N2O2/c1-12-10-15(21-4)8-9-16(12)18-11-17(20)19-13(2)6-5-7-14(19)3/h8-10,13-14,18H,5-7,11H2,1-4H3. The van der Waals surface area contributed by atoms with Gasteiger partial charge in [0.05, 0.1) is 13.7 Å². The Hall–Kier alpha value is -1.71. The molecule has 1 aliphatic rings. The van der Waals surface area contributed by atoms with Gasteiger partial charge in [-0.15, -0.1) is 0 Å². The summed E-state index contributed by atoms with van der Waals surface area (Å²) < 4.78 is 5.20. The van der Waals surface area contributed by atoms with Crippen LogP contribution in [0.2, 0.25) is 0 Å². The molecular formula is C17H26N2O2. The van der Waals surface area contributed by atoms with Crippen molar-refractivity contribution in [1.82, 2.24) is 4.90 Å². The summed E-state index contributed by atoms with van der Waals surface area (Å²) in [5, 5.41) is 3.26. The average Bonchev–Trinajstić information content (AvgIpc) is 2.45. The summed E-state index contributed by atoms with van der Waals surface area (Å²) in [6.45, 7) is 6.65. The van der Waals surface area contributed by atoms with Gasteiger partial charge < -0.3 is 15.0 Å². The Morgan fingerprint density at radius 3 is 2.57 bits per heavy atom. The van der Waals surface area contributed by atoms with Gasteiger partial charge in [0, 0.05) is 17.8 Å². The summed E-state index contributed by atoms with van der Waals surface area (Å²) in [5.74, 6) is 1.02. The minimum Gasteiger partial charge on any atom is -0.497 e. The number of aryl methyl sites for hydroxylation is 1. The maximum atomic E-state index is 12.5. The molecule has 1 amide bonds. The topological polar surface area (TPSA) is 41.6 Å². The Kier molecular flexibility index (Phi) is 5.10. The third-order valence-corrected chi connectivity index (χ3v) is 4.35. The van der Waals surface area contributed by atoms with Crippen molar-refractivity contribution in [2.75, 3.05) is 19.0 Å². The molecule has 116 valence electrons. The number of carbonyl (C=O) groups is 1. The molecule has 2 atom stereocenters. The fourth-order valence-electron chi connectivity index (χ4n) is 3.14. The van der Waals surface area contributed by atoms with Crippen LogP contribution in [0.5, 0.6) is 5.75 Å². The molecule has 1 aromatic rings. The van der Waals surface area contributed by atoms with E-state index >= 15 is 0 Å². The average molecular weight is 290 g/mol. The molecule has 1 fully saturated rings. The second-order valence-corrected chi connectivity index (χ2v) is 5.96. The van der Waals surface area contributed by atoms with E-state index < -0.39 is 0 Å². The van der Waals surface area contributed by atoms with Crippen LogP contribution in [0.1, 0.15) is 38.7 Å². The maximum absolute atomic E-state index is 12.5. The first-order chi connectivity index (χ1) is 10.0. The number of amides is 1. The van der Waals surface area contributed by atoms with Gasteiger partial charge in [-0.3, -0.25) is 4.79 Å². The Bertz CT molecular complexity index is 492. The Morgan fingerprint density at radius 2 is 2.00 bits per heavy atom. The molecule has 1 aliphatic heterocycles. The van der Waals surface area contributed by atoms with Crippen LogP contribution < -0.4 is 10.1 Å². The molecule has 1 N–H and O–H groups in total. The van der Waals surface area contributed by atoms with Crippen molar-refractivity contribution in [2.24, 2.45) is 0 Å². The van der Waals surface area contributed by atoms with E-state index in [1.807, 2.05) is 30.0 Å². The molecule has 4 nitrogen and oxygen atoms in total. The maximum Gasteiger partial charge on any atom is 0.242 e. The van der Waals surface area contributed by atoms with Crippen LogP contribution in [-0.4, -0.2) is 36.5 Å². The van der Waals surface area contributed by atoms with Gasteiger partial charge in [0.2, 0.25) is 5.91 Å². The van der Waals surface area contributed by atoms with Crippen molar-refractivity contribution >= 4 is 11.6 Å². The fourth-order valence-corrected chi connectivity index (χ4v) is 3.14. The molecule has 1 heterocycles. The van der Waals surface area contributed by atoms with E-state index in [1.165, 1.54) is 6.42 Å². The van der Waals surface area contributed by atoms with Crippen LogP contribution >= 0.6 is 0 Å². The predicted octanol–water partition coefficient (Wildman–Crippen LogP) is 3.21. The Labute approximate surface area is 127 Å². The monoisotopic (exact) mass is 290 g/mol. The first-order valence-electron chi connectivity index (χ1n) is 7.72. The van der Waals surface area contributed by atoms with E-state index in [4.69, 9.17) is 4.74 Å². The molecule has 1 saturated heterocycles. The number of benzene rings is 1. The van der Waals surface area contributed by atoms with E-state index in [-0.39, 0.29) is 5.91 Å². The normalized spacial score (nSPS) is 22.0. The molecule has 21 heavy (non-hydrogen) atoms. The zero-order valence-electron chi connectivity index (χ0n) is 13.5. The van der Waals surface area contributed by atoms with E-state index in [9.17, 15) is 4.79 Å². The summed E-state index contributed by atoms with van der Waals surface area (Å²) in [5.41, 5.74) is 2.07. The van der Waals surface area contributed by atoms with E-state index in [2.05, 4.69) is 19.2 Å². The molecule has 0 bridgehead atoms. The molecule has 0 saturated carbocycles. The number of methoxy groups -OCH3 is 1. The highest BCUT2D eigenvalue weighted by atomic mass is 16.5. The molecule has 0 aromatic heterocycles. The number of anilines is 1. The minimum absolute atomic E-state index is 0.185. The number of hydrogen-bond acceptors (Lipinski definition) is 3. The molecule has 0 aliphatic carbocycles. The van der Waals surface area contributed by atoms with Crippen molar-refractivity contribution < 1.29 is 9.53 Å². The van der Waals surface area contributed by atoms with Crippen molar-refractivity contribution in [2.45, 2.75) is 52.1 Å². The number of hydrogen-bond donors (Lipinski definition) is 1. The number of rotatable bonds is 4. The lowest BCUT2D eigenvalue weighted by molar-refractivity contribution is -0.135. The zero-order valence-corrected chi connectivity index (χ0v) is 13.5. The lowest BCUT2D eigenvalue weighted by atomic mass is 9.97. The van der Waals surface area contributed by atoms with Crippen molar-refractivity contribution in [1.29, 1.82) is 0 Å². The molecule has 0 spiro atoms. The largest absolute Gasteiger partial charge is 0.497 e. The predicted molar refractivity (Wildman–Crippen MR) is 85.8 cm³/mol. The Morgan fingerprint density at radius 1 is 1.33 bits per heavy atom. The molecule has 2 unspecified atom stereocenters. The highest BCUT2D eigenvalue weighted by Crippen LogP contribution is 2.24. The van der Waals surface area contributed by atoms with Crippen LogP contribution in [-0.2, 0) is 4.79 Å². The number of likely N-dealkylation sites (tertiary alicyclic amines) is 1. The zero-order chi connectivity index (χ0) is 15.4. The van der Waals surface area contributed by atoms with Gasteiger partial charge in [0.15, 0.2) is 0 Å². The van der Waals surface area contributed by atoms with Crippen molar-refractivity contribution in [3.8, 4) is 5.75 Å². The van der Waals surface area contributed by atoms with Crippen LogP contribution in [0.3, 0.4) is 0 Å². The summed E-state index contributed by atoms with van der Waals surface area (Å²) >= 11 is 0. The lowest BCUT2D eigenvalue weighted by Gasteiger charge is -2.39. The van der Waals surface area contributed by atoms with Gasteiger partial charge in [-0.2, -0.15) is 0 Å². The summed E-state index contributed by atoms with van der Waals surface area (Å²) in [6.07, 6.45) is 3.44. The summed E-state index contributed by atoms with van der Waals surface area (Å²) in [7, 11) is 1.66. The SMILES string of the molecule is COc1ccc(NCC(=O)N2C(C)CCCC2C)c(C)c1. The first-order valence-corrected chi connectivity index (χ1v) is 7.72. The first kappa shape index (κ1) is 15.7. The molecule has 4 heteroatoms. The minimum atomic E-state index is 0.185. The van der Waals surface area contributed by atoms with Gasteiger partial charge in [-0.05, 0) is 63.8 Å². The van der Waals surface area contributed by atoms with E-state index in [0.29, 0.717) is 18.6 Å². The smallest absolute Gasteiger partial charge is 0.242 e. The van der Waals surface area contributed by atoms with Crippen molar-refractivity contribution in [3.05, 3.63) is 23.8 Å². The molecule has 0 radical (unpaired) electrons. The molecule has 2 rings (SSSR count). The van der Waals surface area contributed by atoms with Crippen LogP contribution in [0.4, 0.5) is 5.69 Å². The highest BCUT2D eigenvalue weighted by molar-refractivity contribution is 5.81. The highest BCUT2D eigenvalue weighted by Gasteiger charge is 2.28. The van der Waals surface area contributed by atoms with Crippen LogP contribution in [0.15, 0.2) is 18.2 Å². The van der Waals surface area contributed by atoms with Crippen LogP contribution in [0, 0.1) is 6.92 Å². The fraction of sp³-hybridized carbons (Fsp3) is 0.588. The summed E-state index contributed by atoms with van der Waals surface area (Å²) in [6, 6.07) is 6.54. The lowest BCUT2D eigenvalue weighted by Crippen LogP contribution is -2.49. The number of nitrogens with one attached hydrogen (secondary N) is 1. The second kappa shape index (κ2) is 6.83. The Balaban J connectivity index is 1.97. The van der Waals surface area contributed by atoms with Gasteiger partial charge in [-0.1, -0.05) is 0 Å². The number of ether oxygens (including phenoxy) is 1. The molecular weight excluding hydrogens is 264 g/mol. The summed E-state index contributed by atoms with van der Waals surface area (Å²) in [4.78, 5) is 14.5. The van der Waals surface area contributed by atoms with Gasteiger partial charge in [0.25, 0.3) is 0 Å². The third kappa shape index (κ3) is 3.69.